The van der Waals surface area contributed by atoms with Crippen molar-refractivity contribution in [3.8, 4) is 5.75 Å². The van der Waals surface area contributed by atoms with Gasteiger partial charge < -0.3 is 15.0 Å². The van der Waals surface area contributed by atoms with Crippen LogP contribution < -0.4 is 15.0 Å². The molecule has 0 spiro atoms. The maximum atomic E-state index is 12.6. The molecule has 146 valence electrons. The average molecular weight is 383 g/mol. The molecule has 3 rings (SSSR count). The second-order valence-electron chi connectivity index (χ2n) is 6.53. The van der Waals surface area contributed by atoms with Crippen LogP contribution in [0.3, 0.4) is 0 Å². The van der Waals surface area contributed by atoms with Gasteiger partial charge in [-0.05, 0) is 44.2 Å². The summed E-state index contributed by atoms with van der Waals surface area (Å²) < 4.78 is 5.40. The van der Waals surface area contributed by atoms with Crippen molar-refractivity contribution in [2.24, 2.45) is 5.92 Å². The van der Waals surface area contributed by atoms with Gasteiger partial charge in [-0.25, -0.2) is 0 Å². The molecule has 1 N–H and O–H groups in total. The Morgan fingerprint density at radius 3 is 2.64 bits per heavy atom. The van der Waals surface area contributed by atoms with E-state index in [4.69, 9.17) is 4.74 Å². The van der Waals surface area contributed by atoms with Gasteiger partial charge >= 0.3 is 0 Å². The molecule has 2 aromatic carbocycles. The van der Waals surface area contributed by atoms with Crippen LogP contribution in [0.4, 0.5) is 17.1 Å². The Hall–Kier alpha value is -3.42. The Morgan fingerprint density at radius 2 is 2.00 bits per heavy atom. The van der Waals surface area contributed by atoms with E-state index in [0.717, 1.165) is 0 Å². The van der Waals surface area contributed by atoms with E-state index in [1.165, 1.54) is 12.1 Å². The molecule has 1 heterocycles. The maximum absolute atomic E-state index is 12.6. The number of ether oxygens (including phenoxy) is 1. The highest BCUT2D eigenvalue weighted by atomic mass is 16.6. The molecule has 0 aliphatic carbocycles. The Kier molecular flexibility index (Phi) is 5.58. The first-order chi connectivity index (χ1) is 13.4. The third kappa shape index (κ3) is 3.95. The Labute approximate surface area is 162 Å². The van der Waals surface area contributed by atoms with Crippen molar-refractivity contribution in [1.29, 1.82) is 0 Å². The summed E-state index contributed by atoms with van der Waals surface area (Å²) in [6, 6.07) is 11.7. The van der Waals surface area contributed by atoms with Crippen LogP contribution in [0.5, 0.6) is 5.75 Å². The van der Waals surface area contributed by atoms with Crippen LogP contribution in [0.15, 0.2) is 42.5 Å². The fraction of sp³-hybridized carbons (Fsp3) is 0.300. The highest BCUT2D eigenvalue weighted by Crippen LogP contribution is 2.29. The number of carbonyl (C=O) groups excluding carboxylic acids is 2. The van der Waals surface area contributed by atoms with Gasteiger partial charge in [0.05, 0.1) is 28.7 Å². The Bertz CT molecular complexity index is 911. The van der Waals surface area contributed by atoms with E-state index in [9.17, 15) is 19.7 Å². The Morgan fingerprint density at radius 1 is 1.29 bits per heavy atom. The first-order valence-electron chi connectivity index (χ1n) is 8.98. The number of nitrogens with zero attached hydrogens (tertiary/aromatic N) is 2. The van der Waals surface area contributed by atoms with Gasteiger partial charge in [-0.1, -0.05) is 6.07 Å². The van der Waals surface area contributed by atoms with Gasteiger partial charge in [-0.3, -0.25) is 19.7 Å². The van der Waals surface area contributed by atoms with Crippen LogP contribution in [-0.4, -0.2) is 29.9 Å². The van der Waals surface area contributed by atoms with Gasteiger partial charge in [-0.15, -0.1) is 0 Å². The molecule has 1 unspecified atom stereocenters. The molecule has 2 aromatic rings. The number of amides is 2. The minimum atomic E-state index is -0.530. The molecule has 1 fully saturated rings. The molecule has 8 nitrogen and oxygen atoms in total. The fourth-order valence-corrected chi connectivity index (χ4v) is 3.21. The second-order valence-corrected chi connectivity index (χ2v) is 6.53. The smallest absolute Gasteiger partial charge is 0.274 e. The molecule has 0 radical (unpaired) electrons. The number of rotatable bonds is 6. The third-order valence-electron chi connectivity index (χ3n) is 4.71. The van der Waals surface area contributed by atoms with E-state index in [1.54, 1.807) is 42.2 Å². The highest BCUT2D eigenvalue weighted by Gasteiger charge is 2.35. The number of nitro groups is 1. The van der Waals surface area contributed by atoms with Crippen molar-refractivity contribution in [2.75, 3.05) is 23.4 Å². The van der Waals surface area contributed by atoms with Gasteiger partial charge in [0, 0.05) is 24.7 Å². The molecular weight excluding hydrogens is 362 g/mol. The van der Waals surface area contributed by atoms with Crippen molar-refractivity contribution >= 4 is 28.9 Å². The van der Waals surface area contributed by atoms with Crippen molar-refractivity contribution in [1.82, 2.24) is 0 Å². The summed E-state index contributed by atoms with van der Waals surface area (Å²) in [6.45, 7) is 4.29. The van der Waals surface area contributed by atoms with Crippen LogP contribution in [0.2, 0.25) is 0 Å². The number of nitro benzene ring substituents is 1. The molecule has 0 aromatic heterocycles. The maximum Gasteiger partial charge on any atom is 0.274 e. The molecule has 1 aliphatic heterocycles. The number of benzene rings is 2. The Balaban J connectivity index is 1.70. The quantitative estimate of drug-likeness (QED) is 0.609. The summed E-state index contributed by atoms with van der Waals surface area (Å²) >= 11 is 0. The normalized spacial score (nSPS) is 16.1. The summed E-state index contributed by atoms with van der Waals surface area (Å²) in [4.78, 5) is 37.2. The summed E-state index contributed by atoms with van der Waals surface area (Å²) in [7, 11) is 0. The molecule has 2 amide bonds. The number of nitrogens with one attached hydrogen (secondary N) is 1. The lowest BCUT2D eigenvalue weighted by Gasteiger charge is -2.17. The molecule has 0 saturated carbocycles. The fourth-order valence-electron chi connectivity index (χ4n) is 3.21. The number of carbonyl (C=O) groups is 2. The van der Waals surface area contributed by atoms with E-state index < -0.39 is 10.8 Å². The zero-order chi connectivity index (χ0) is 20.3. The monoisotopic (exact) mass is 383 g/mol. The van der Waals surface area contributed by atoms with Crippen LogP contribution in [0.25, 0.3) is 0 Å². The average Bonchev–Trinajstić information content (AvgIpc) is 3.06. The zero-order valence-electron chi connectivity index (χ0n) is 15.7. The zero-order valence-corrected chi connectivity index (χ0v) is 15.7. The van der Waals surface area contributed by atoms with Gasteiger partial charge in [-0.2, -0.15) is 0 Å². The minimum absolute atomic E-state index is 0.0590. The number of hydrogen-bond acceptors (Lipinski definition) is 5. The first kappa shape index (κ1) is 19.3. The van der Waals surface area contributed by atoms with E-state index in [2.05, 4.69) is 5.32 Å². The van der Waals surface area contributed by atoms with Gasteiger partial charge in [0.2, 0.25) is 11.8 Å². The molecule has 0 bridgehead atoms. The van der Waals surface area contributed by atoms with Crippen molar-refractivity contribution in [2.45, 2.75) is 20.3 Å². The van der Waals surface area contributed by atoms with E-state index in [-0.39, 0.29) is 30.5 Å². The highest BCUT2D eigenvalue weighted by molar-refractivity contribution is 6.03. The predicted molar refractivity (Wildman–Crippen MR) is 105 cm³/mol. The molecule has 1 aliphatic rings. The summed E-state index contributed by atoms with van der Waals surface area (Å²) in [6.07, 6.45) is 0.0903. The summed E-state index contributed by atoms with van der Waals surface area (Å²) in [5, 5.41) is 13.8. The molecule has 1 atom stereocenters. The lowest BCUT2D eigenvalue weighted by Crippen LogP contribution is -2.28. The van der Waals surface area contributed by atoms with Gasteiger partial charge in [0.1, 0.15) is 5.75 Å². The van der Waals surface area contributed by atoms with Crippen molar-refractivity contribution in [3.63, 3.8) is 0 Å². The van der Waals surface area contributed by atoms with Gasteiger partial charge in [0.15, 0.2) is 0 Å². The molecule has 8 heteroatoms. The van der Waals surface area contributed by atoms with Crippen LogP contribution >= 0.6 is 0 Å². The SMILES string of the molecule is CCOc1ccc(N2CC(C(=O)Nc3cccc([N+](=O)[O-])c3C)CC2=O)cc1. The minimum Gasteiger partial charge on any atom is -0.494 e. The standard InChI is InChI=1S/C20H21N3O5/c1-3-28-16-9-7-15(8-10-16)22-12-14(11-19(22)24)20(25)21-17-5-4-6-18(13(17)2)23(26)27/h4-10,14H,3,11-12H2,1-2H3,(H,21,25). The van der Waals surface area contributed by atoms with Gasteiger partial charge in [0.25, 0.3) is 5.69 Å². The lowest BCUT2D eigenvalue weighted by atomic mass is 10.1. The van der Waals surface area contributed by atoms with Crippen LogP contribution in [0.1, 0.15) is 18.9 Å². The topological polar surface area (TPSA) is 102 Å². The first-order valence-corrected chi connectivity index (χ1v) is 8.98. The lowest BCUT2D eigenvalue weighted by molar-refractivity contribution is -0.385. The summed E-state index contributed by atoms with van der Waals surface area (Å²) in [5.74, 6) is -0.281. The number of anilines is 2. The molecule has 28 heavy (non-hydrogen) atoms. The van der Waals surface area contributed by atoms with E-state index in [0.29, 0.717) is 29.3 Å². The molecule has 1 saturated heterocycles. The number of hydrogen-bond donors (Lipinski definition) is 1. The van der Waals surface area contributed by atoms with E-state index in [1.807, 2.05) is 6.92 Å². The molecular formula is C20H21N3O5. The van der Waals surface area contributed by atoms with Crippen molar-refractivity contribution < 1.29 is 19.2 Å². The van der Waals surface area contributed by atoms with Crippen molar-refractivity contribution in [3.05, 3.63) is 58.1 Å². The largest absolute Gasteiger partial charge is 0.494 e. The van der Waals surface area contributed by atoms with Crippen LogP contribution in [-0.2, 0) is 9.59 Å². The second kappa shape index (κ2) is 8.08. The third-order valence-corrected chi connectivity index (χ3v) is 4.71. The van der Waals surface area contributed by atoms with E-state index >= 15 is 0 Å². The summed E-state index contributed by atoms with van der Waals surface area (Å²) in [5.41, 5.74) is 1.41. The predicted octanol–water partition coefficient (Wildman–Crippen LogP) is 3.29. The van der Waals surface area contributed by atoms with Crippen LogP contribution in [0, 0.1) is 23.0 Å².